The number of hydrogen-bond acceptors (Lipinski definition) is 3. The number of nitrogens with zero attached hydrogens (tertiary/aromatic N) is 1. The molecule has 0 bridgehead atoms. The molecule has 0 saturated carbocycles. The van der Waals surface area contributed by atoms with E-state index >= 15 is 0 Å². The minimum absolute atomic E-state index is 0.339. The number of thiazole rings is 1. The van der Waals surface area contributed by atoms with Crippen LogP contribution in [0.3, 0.4) is 0 Å². The molecule has 0 aliphatic rings. The monoisotopic (exact) mass is 564 g/mol. The summed E-state index contributed by atoms with van der Waals surface area (Å²) >= 11 is 26.6. The molecule has 0 amide bonds. The first-order chi connectivity index (χ1) is 16.3. The third-order valence-electron chi connectivity index (χ3n) is 4.70. The summed E-state index contributed by atoms with van der Waals surface area (Å²) in [5.41, 5.74) is 2.95. The molecule has 3 nitrogen and oxygen atoms in total. The van der Waals surface area contributed by atoms with E-state index in [9.17, 15) is 4.57 Å². The largest absolute Gasteiger partial charge is 0.306 e. The van der Waals surface area contributed by atoms with Crippen LogP contribution in [0.4, 0.5) is 5.13 Å². The van der Waals surface area contributed by atoms with Crippen molar-refractivity contribution in [2.45, 2.75) is 0 Å². The second-order valence-corrected chi connectivity index (χ2v) is 11.8. The number of rotatable bonds is 7. The van der Waals surface area contributed by atoms with Gasteiger partial charge in [0.05, 0.1) is 25.8 Å². The van der Waals surface area contributed by atoms with Gasteiger partial charge in [0.2, 0.25) is 7.29 Å². The molecule has 0 aliphatic heterocycles. The smallest absolute Gasteiger partial charge is 0.217 e. The first-order valence-corrected chi connectivity index (χ1v) is 14.2. The summed E-state index contributed by atoms with van der Waals surface area (Å²) in [6, 6.07) is 23.9. The first kappa shape index (κ1) is 25.1. The van der Waals surface area contributed by atoms with Gasteiger partial charge in [-0.3, -0.25) is 4.57 Å². The van der Waals surface area contributed by atoms with Crippen LogP contribution in [0.25, 0.3) is 21.3 Å². The highest BCUT2D eigenvalue weighted by atomic mass is 35.5. The van der Waals surface area contributed by atoms with Crippen molar-refractivity contribution in [2.75, 3.05) is 5.09 Å². The number of anilines is 1. The van der Waals surface area contributed by atoms with Gasteiger partial charge < -0.3 is 5.09 Å². The minimum Gasteiger partial charge on any atom is -0.306 e. The van der Waals surface area contributed by atoms with Gasteiger partial charge in [-0.05, 0) is 23.3 Å². The molecule has 3 aromatic carbocycles. The maximum absolute atomic E-state index is 14.1. The number of halogens is 4. The molecule has 1 N–H and O–H groups in total. The number of hydrogen-bond donors (Lipinski definition) is 1. The zero-order valence-corrected chi connectivity index (χ0v) is 22.2. The van der Waals surface area contributed by atoms with Gasteiger partial charge in [-0.25, -0.2) is 4.98 Å². The lowest BCUT2D eigenvalue weighted by atomic mass is 10.2. The van der Waals surface area contributed by atoms with Crippen molar-refractivity contribution in [1.29, 1.82) is 0 Å². The van der Waals surface area contributed by atoms with Gasteiger partial charge in [-0.1, -0.05) is 113 Å². The van der Waals surface area contributed by atoms with Crippen LogP contribution in [0.2, 0.25) is 10.0 Å². The van der Waals surface area contributed by atoms with Gasteiger partial charge in [0.1, 0.15) is 0 Å². The van der Waals surface area contributed by atoms with Crippen molar-refractivity contribution < 1.29 is 4.57 Å². The summed E-state index contributed by atoms with van der Waals surface area (Å²) in [7, 11) is -3.42. The van der Waals surface area contributed by atoms with E-state index < -0.39 is 7.29 Å². The third kappa shape index (κ3) is 6.34. The molecular formula is C25H17Cl4N2OPS. The molecule has 1 aromatic heterocycles. The van der Waals surface area contributed by atoms with Crippen LogP contribution in [-0.2, 0) is 4.57 Å². The zero-order valence-electron chi connectivity index (χ0n) is 17.5. The van der Waals surface area contributed by atoms with Crippen LogP contribution in [0.1, 0.15) is 11.1 Å². The number of aromatic nitrogens is 1. The fraction of sp³-hybridized carbons (Fsp3) is 0. The van der Waals surface area contributed by atoms with E-state index in [1.165, 1.54) is 23.0 Å². The Morgan fingerprint density at radius 2 is 1.38 bits per heavy atom. The fourth-order valence-corrected chi connectivity index (χ4v) is 7.19. The van der Waals surface area contributed by atoms with E-state index in [2.05, 4.69) is 10.1 Å². The van der Waals surface area contributed by atoms with Crippen molar-refractivity contribution in [1.82, 2.24) is 4.98 Å². The molecule has 0 radical (unpaired) electrons. The standard InChI is InChI=1S/C25H17Cl4N2OPS/c26-20-12-11-19(13-21(20)27)24-16-34-25(30-24)31-33(32,14-22(28)17-7-3-1-4-8-17)15-23(29)18-9-5-2-6-10-18/h1-16H,(H,30,31,32)/b22-14-,23-15+. The molecule has 4 aromatic rings. The highest BCUT2D eigenvalue weighted by Gasteiger charge is 2.21. The molecule has 0 fully saturated rings. The lowest BCUT2D eigenvalue weighted by molar-refractivity contribution is 0.589. The molecule has 9 heteroatoms. The van der Waals surface area contributed by atoms with E-state index in [4.69, 9.17) is 46.4 Å². The first-order valence-electron chi connectivity index (χ1n) is 9.99. The maximum atomic E-state index is 14.1. The normalized spacial score (nSPS) is 14.0. The molecule has 0 saturated heterocycles. The predicted octanol–water partition coefficient (Wildman–Crippen LogP) is 10.3. The Labute approximate surface area is 222 Å². The van der Waals surface area contributed by atoms with E-state index in [1.54, 1.807) is 12.1 Å². The Kier molecular flexibility index (Phi) is 8.21. The molecule has 4 rings (SSSR count). The molecular weight excluding hydrogens is 549 g/mol. The SMILES string of the molecule is O=P(/C=C(\Cl)c1ccccc1)(/C=C(/Cl)c1ccccc1)Nc1nc(-c2ccc(Cl)c(Cl)c2)cs1. The summed E-state index contributed by atoms with van der Waals surface area (Å²) < 4.78 is 14.1. The Morgan fingerprint density at radius 3 is 1.91 bits per heavy atom. The van der Waals surface area contributed by atoms with Gasteiger partial charge in [0.15, 0.2) is 5.13 Å². The fourth-order valence-electron chi connectivity index (χ4n) is 3.05. The topological polar surface area (TPSA) is 42.0 Å². The van der Waals surface area contributed by atoms with Crippen molar-refractivity contribution in [3.63, 3.8) is 0 Å². The number of nitrogens with one attached hydrogen (secondary N) is 1. The van der Waals surface area contributed by atoms with Crippen LogP contribution in [0, 0.1) is 0 Å². The lowest BCUT2D eigenvalue weighted by Crippen LogP contribution is -1.94. The van der Waals surface area contributed by atoms with E-state index in [0.717, 1.165) is 16.7 Å². The summed E-state index contributed by atoms with van der Waals surface area (Å²) in [5, 5.41) is 6.92. The molecule has 1 heterocycles. The van der Waals surface area contributed by atoms with Gasteiger partial charge in [0, 0.05) is 22.6 Å². The average Bonchev–Trinajstić information content (AvgIpc) is 3.29. The van der Waals surface area contributed by atoms with Crippen LogP contribution >= 0.6 is 65.0 Å². The number of benzene rings is 3. The van der Waals surface area contributed by atoms with Crippen molar-refractivity contribution in [3.05, 3.63) is 117 Å². The van der Waals surface area contributed by atoms with Gasteiger partial charge >= 0.3 is 0 Å². The Bertz CT molecular complexity index is 1350. The average molecular weight is 566 g/mol. The molecule has 1 unspecified atom stereocenters. The summed E-state index contributed by atoms with van der Waals surface area (Å²) in [6.45, 7) is 0. The van der Waals surface area contributed by atoms with Crippen LogP contribution < -0.4 is 5.09 Å². The lowest BCUT2D eigenvalue weighted by Gasteiger charge is -2.13. The zero-order chi connectivity index (χ0) is 24.1. The predicted molar refractivity (Wildman–Crippen MR) is 149 cm³/mol. The van der Waals surface area contributed by atoms with E-state index in [0.29, 0.717) is 30.9 Å². The van der Waals surface area contributed by atoms with Gasteiger partial charge in [-0.2, -0.15) is 0 Å². The summed E-state index contributed by atoms with van der Waals surface area (Å²) in [6.07, 6.45) is 0. The highest BCUT2D eigenvalue weighted by Crippen LogP contribution is 2.54. The quantitative estimate of drug-likeness (QED) is 0.227. The van der Waals surface area contributed by atoms with Crippen LogP contribution in [0.5, 0.6) is 0 Å². The Morgan fingerprint density at radius 1 is 0.824 bits per heavy atom. The molecule has 0 spiro atoms. The Balaban J connectivity index is 1.71. The van der Waals surface area contributed by atoms with Crippen LogP contribution in [0.15, 0.2) is 95.9 Å². The van der Waals surface area contributed by atoms with Gasteiger partial charge in [0.25, 0.3) is 0 Å². The van der Waals surface area contributed by atoms with Crippen LogP contribution in [-0.4, -0.2) is 4.98 Å². The van der Waals surface area contributed by atoms with Crippen molar-refractivity contribution >= 4 is 80.2 Å². The maximum Gasteiger partial charge on any atom is 0.217 e. The second kappa shape index (κ2) is 11.1. The summed E-state index contributed by atoms with van der Waals surface area (Å²) in [4.78, 5) is 4.59. The van der Waals surface area contributed by atoms with E-state index in [1.807, 2.05) is 72.1 Å². The third-order valence-corrected chi connectivity index (χ3v) is 9.15. The van der Waals surface area contributed by atoms with Crippen molar-refractivity contribution in [2.24, 2.45) is 0 Å². The minimum atomic E-state index is -3.42. The summed E-state index contributed by atoms with van der Waals surface area (Å²) in [5.74, 6) is 2.99. The van der Waals surface area contributed by atoms with Gasteiger partial charge in [-0.15, -0.1) is 11.3 Å². The highest BCUT2D eigenvalue weighted by molar-refractivity contribution is 7.72. The van der Waals surface area contributed by atoms with E-state index in [-0.39, 0.29) is 0 Å². The molecule has 0 aliphatic carbocycles. The molecule has 1 atom stereocenters. The second-order valence-electron chi connectivity index (χ2n) is 7.17. The van der Waals surface area contributed by atoms with Crippen molar-refractivity contribution in [3.8, 4) is 11.3 Å². The Hall–Kier alpha value is -2.04. The molecule has 172 valence electrons. The molecule has 34 heavy (non-hydrogen) atoms.